The third-order valence-corrected chi connectivity index (χ3v) is 12.0. The van der Waals surface area contributed by atoms with Crippen LogP contribution < -0.4 is 0 Å². The molecular weight excluding hydrogens is 667 g/mol. The van der Waals surface area contributed by atoms with Crippen molar-refractivity contribution in [3.05, 3.63) is 143 Å². The zero-order valence-electron chi connectivity index (χ0n) is 27.6. The highest BCUT2D eigenvalue weighted by Gasteiger charge is 2.47. The summed E-state index contributed by atoms with van der Waals surface area (Å²) in [5.41, 5.74) is 17.9. The minimum Gasteiger partial charge on any atom is -0.308 e. The van der Waals surface area contributed by atoms with Crippen LogP contribution in [0.5, 0.6) is 0 Å². The molecule has 0 unspecified atom stereocenters. The molecule has 2 aromatic heterocycles. The average Bonchev–Trinajstić information content (AvgIpc) is 3.59. The first-order chi connectivity index (χ1) is 25.1. The van der Waals surface area contributed by atoms with Crippen LogP contribution in [-0.2, 0) is 5.41 Å². The topological polar surface area (TPSA) is 43.6 Å². The van der Waals surface area contributed by atoms with Gasteiger partial charge in [0.2, 0.25) is 10.6 Å². The van der Waals surface area contributed by atoms with Gasteiger partial charge in [-0.15, -0.1) is 0 Å². The molecule has 244 valence electrons. The summed E-state index contributed by atoms with van der Waals surface area (Å²) in [6, 6.07) is 44.9. The van der Waals surface area contributed by atoms with Crippen molar-refractivity contribution in [3.8, 4) is 61.6 Å². The van der Waals surface area contributed by atoms with Crippen molar-refractivity contribution >= 4 is 45.0 Å². The summed E-state index contributed by atoms with van der Waals surface area (Å²) in [5, 5.41) is 2.82. The average molecular weight is 698 g/mol. The monoisotopic (exact) mass is 696 g/mol. The van der Waals surface area contributed by atoms with Crippen LogP contribution in [0.3, 0.4) is 0 Å². The van der Waals surface area contributed by atoms with Gasteiger partial charge in [0.25, 0.3) is 0 Å². The molecule has 1 spiro atoms. The molecule has 4 nitrogen and oxygen atoms in total. The van der Waals surface area contributed by atoms with Crippen LogP contribution in [0.1, 0.15) is 43.2 Å². The Morgan fingerprint density at radius 1 is 0.510 bits per heavy atom. The standard InChI is InChI=1S/C45H30Cl2N4/c46-43-48-42(49-44(47)50-43)29-13-9-11-27(23-29)26-10-8-12-28(22-26)30-24-34-32-15-3-5-17-38(32)51-37-16-4-2-14-31(37)33-18-19-35-40(41(33)51)39(34)36(25-30)45(35)20-6-1-7-21-45/h2-5,8-19,22-25H,1,6-7,20-21H2. The molecule has 0 bridgehead atoms. The minimum atomic E-state index is 0.00840. The maximum atomic E-state index is 6.13. The predicted octanol–water partition coefficient (Wildman–Crippen LogP) is 12.5. The van der Waals surface area contributed by atoms with E-state index >= 15 is 0 Å². The zero-order valence-corrected chi connectivity index (χ0v) is 29.1. The van der Waals surface area contributed by atoms with Gasteiger partial charge in [-0.1, -0.05) is 104 Å². The maximum Gasteiger partial charge on any atom is 0.227 e. The molecule has 1 saturated carbocycles. The van der Waals surface area contributed by atoms with E-state index in [9.17, 15) is 0 Å². The van der Waals surface area contributed by atoms with Crippen LogP contribution in [0.25, 0.3) is 83.4 Å². The van der Waals surface area contributed by atoms with E-state index in [1.165, 1.54) is 104 Å². The van der Waals surface area contributed by atoms with Crippen LogP contribution >= 0.6 is 23.2 Å². The number of benzene rings is 6. The minimum absolute atomic E-state index is 0.00840. The van der Waals surface area contributed by atoms with E-state index in [-0.39, 0.29) is 16.0 Å². The highest BCUT2D eigenvalue weighted by Crippen LogP contribution is 2.62. The number of hydrogen-bond donors (Lipinski definition) is 0. The third kappa shape index (κ3) is 4.18. The Kier molecular flexibility index (Phi) is 6.27. The normalized spacial score (nSPS) is 15.0. The molecule has 0 atom stereocenters. The van der Waals surface area contributed by atoms with Gasteiger partial charge >= 0.3 is 0 Å². The van der Waals surface area contributed by atoms with Gasteiger partial charge in [-0.05, 0) is 117 Å². The Morgan fingerprint density at radius 3 is 2.00 bits per heavy atom. The van der Waals surface area contributed by atoms with Gasteiger partial charge in [-0.3, -0.25) is 0 Å². The summed E-state index contributed by atoms with van der Waals surface area (Å²) in [4.78, 5) is 12.6. The molecule has 2 aliphatic carbocycles. The van der Waals surface area contributed by atoms with E-state index in [4.69, 9.17) is 23.2 Å². The molecule has 0 radical (unpaired) electrons. The molecule has 0 saturated heterocycles. The van der Waals surface area contributed by atoms with Crippen LogP contribution in [0.4, 0.5) is 0 Å². The Morgan fingerprint density at radius 2 is 1.20 bits per heavy atom. The lowest BCUT2D eigenvalue weighted by atomic mass is 9.67. The fraction of sp³-hybridized carbons (Fsp3) is 0.133. The van der Waals surface area contributed by atoms with Crippen molar-refractivity contribution in [2.45, 2.75) is 37.5 Å². The molecule has 3 heterocycles. The van der Waals surface area contributed by atoms with E-state index in [0.717, 1.165) is 16.7 Å². The van der Waals surface area contributed by atoms with Crippen molar-refractivity contribution in [1.82, 2.24) is 19.5 Å². The molecule has 8 aromatic rings. The first-order valence-electron chi connectivity index (χ1n) is 17.7. The molecule has 51 heavy (non-hydrogen) atoms. The number of nitrogens with zero attached hydrogens (tertiary/aromatic N) is 4. The Balaban J connectivity index is 1.16. The number of aromatic nitrogens is 4. The van der Waals surface area contributed by atoms with Gasteiger partial charge in [-0.2, -0.15) is 15.0 Å². The SMILES string of the molecule is Clc1nc(Cl)nc(-c2cccc(-c3cccc(-c4cc5c6c(c4)C4(CCCCC4)c4ccc7c8ccccc8n(c7c4-6)-c4ccccc4-5)c3)c2)n1. The van der Waals surface area contributed by atoms with Crippen molar-refractivity contribution in [1.29, 1.82) is 0 Å². The summed E-state index contributed by atoms with van der Waals surface area (Å²) in [6.45, 7) is 0. The zero-order chi connectivity index (χ0) is 33.8. The van der Waals surface area contributed by atoms with Gasteiger partial charge in [0.1, 0.15) is 0 Å². The van der Waals surface area contributed by atoms with Crippen molar-refractivity contribution in [2.24, 2.45) is 0 Å². The first kappa shape index (κ1) is 29.4. The molecular formula is C45H30Cl2N4. The number of para-hydroxylation sites is 2. The lowest BCUT2D eigenvalue weighted by Crippen LogP contribution is -2.28. The van der Waals surface area contributed by atoms with Gasteiger partial charge in [-0.25, -0.2) is 0 Å². The molecule has 0 amide bonds. The van der Waals surface area contributed by atoms with Gasteiger partial charge < -0.3 is 4.57 Å². The number of rotatable bonds is 3. The largest absolute Gasteiger partial charge is 0.308 e. The number of halogens is 2. The molecule has 11 rings (SSSR count). The second-order valence-corrected chi connectivity index (χ2v) is 14.9. The smallest absolute Gasteiger partial charge is 0.227 e. The summed E-state index contributed by atoms with van der Waals surface area (Å²) in [5.74, 6) is 0.454. The number of hydrogen-bond acceptors (Lipinski definition) is 3. The van der Waals surface area contributed by atoms with E-state index < -0.39 is 0 Å². The van der Waals surface area contributed by atoms with E-state index in [1.54, 1.807) is 0 Å². The molecule has 1 aliphatic heterocycles. The van der Waals surface area contributed by atoms with Crippen LogP contribution in [0.15, 0.2) is 121 Å². The quantitative estimate of drug-likeness (QED) is 0.185. The van der Waals surface area contributed by atoms with Gasteiger partial charge in [0, 0.05) is 32.9 Å². The highest BCUT2D eigenvalue weighted by atomic mass is 35.5. The second kappa shape index (κ2) is 10.9. The number of fused-ring (bicyclic) bond motifs is 8. The summed E-state index contributed by atoms with van der Waals surface area (Å²) < 4.78 is 2.56. The Hall–Kier alpha value is -5.29. The van der Waals surface area contributed by atoms with Crippen LogP contribution in [0.2, 0.25) is 10.6 Å². The summed E-state index contributed by atoms with van der Waals surface area (Å²) in [6.07, 6.45) is 6.16. The van der Waals surface area contributed by atoms with Crippen molar-refractivity contribution in [2.75, 3.05) is 0 Å². The van der Waals surface area contributed by atoms with E-state index in [0.29, 0.717) is 5.82 Å². The summed E-state index contributed by atoms with van der Waals surface area (Å²) in [7, 11) is 0. The van der Waals surface area contributed by atoms with E-state index in [2.05, 4.69) is 129 Å². The molecule has 1 fully saturated rings. The van der Waals surface area contributed by atoms with Crippen LogP contribution in [0, 0.1) is 0 Å². The molecule has 3 aliphatic rings. The second-order valence-electron chi connectivity index (χ2n) is 14.2. The summed E-state index contributed by atoms with van der Waals surface area (Å²) >= 11 is 12.3. The fourth-order valence-corrected chi connectivity index (χ4v) is 9.90. The lowest BCUT2D eigenvalue weighted by Gasteiger charge is -2.36. The highest BCUT2D eigenvalue weighted by molar-refractivity contribution is 6.31. The molecule has 6 aromatic carbocycles. The van der Waals surface area contributed by atoms with Gasteiger partial charge in [0.15, 0.2) is 5.82 Å². The maximum absolute atomic E-state index is 6.13. The van der Waals surface area contributed by atoms with Gasteiger partial charge in [0.05, 0.1) is 16.7 Å². The first-order valence-corrected chi connectivity index (χ1v) is 18.5. The Bertz CT molecular complexity index is 2750. The fourth-order valence-electron chi connectivity index (χ4n) is 9.53. The van der Waals surface area contributed by atoms with Crippen molar-refractivity contribution in [3.63, 3.8) is 0 Å². The Labute approximate surface area is 305 Å². The molecule has 6 heteroatoms. The van der Waals surface area contributed by atoms with Crippen LogP contribution in [-0.4, -0.2) is 19.5 Å². The third-order valence-electron chi connectivity index (χ3n) is 11.6. The lowest BCUT2D eigenvalue weighted by molar-refractivity contribution is 0.353. The van der Waals surface area contributed by atoms with E-state index in [1.807, 2.05) is 12.1 Å². The predicted molar refractivity (Wildman–Crippen MR) is 209 cm³/mol. The molecule has 0 N–H and O–H groups in total. The van der Waals surface area contributed by atoms with Crippen molar-refractivity contribution < 1.29 is 0 Å².